The highest BCUT2D eigenvalue weighted by Crippen LogP contribution is 2.42. The van der Waals surface area contributed by atoms with Crippen LogP contribution < -0.4 is 24.3 Å². The Bertz CT molecular complexity index is 1540. The van der Waals surface area contributed by atoms with Crippen molar-refractivity contribution in [2.24, 2.45) is 0 Å². The normalized spacial score (nSPS) is 10.4. The van der Waals surface area contributed by atoms with Crippen LogP contribution in [0.25, 0.3) is 22.4 Å². The summed E-state index contributed by atoms with van der Waals surface area (Å²) in [6.07, 6.45) is 0.194. The van der Waals surface area contributed by atoms with Crippen LogP contribution in [0.5, 0.6) is 23.0 Å². The maximum Gasteiger partial charge on any atom is 0.225 e. The molecular weight excluding hydrogens is 526 g/mol. The van der Waals surface area contributed by atoms with Gasteiger partial charge in [-0.25, -0.2) is 4.98 Å². The topological polar surface area (TPSA) is 103 Å². The zero-order valence-corrected chi connectivity index (χ0v) is 23.5. The first kappa shape index (κ1) is 28.3. The van der Waals surface area contributed by atoms with E-state index in [1.54, 1.807) is 45.6 Å². The minimum absolute atomic E-state index is 0.191. The fourth-order valence-electron chi connectivity index (χ4n) is 4.16. The van der Waals surface area contributed by atoms with E-state index in [-0.39, 0.29) is 12.3 Å². The SMILES string of the molecule is COc1ccc(NC(=O)CCSc2nc(-c3ccccc3)cc(-c3cccc(OC)c3OC)c2C#N)c(OC)c1. The number of carbonyl (C=O) groups is 1. The minimum Gasteiger partial charge on any atom is -0.497 e. The second-order valence-electron chi connectivity index (χ2n) is 8.47. The summed E-state index contributed by atoms with van der Waals surface area (Å²) in [5.41, 5.74) is 3.93. The number of anilines is 1. The van der Waals surface area contributed by atoms with Crippen molar-refractivity contribution in [3.63, 3.8) is 0 Å². The number of pyridine rings is 1. The van der Waals surface area contributed by atoms with Crippen LogP contribution in [0, 0.1) is 11.3 Å². The predicted molar refractivity (Wildman–Crippen MR) is 156 cm³/mol. The molecule has 0 fully saturated rings. The van der Waals surface area contributed by atoms with E-state index < -0.39 is 0 Å². The Morgan fingerprint density at radius 1 is 0.875 bits per heavy atom. The summed E-state index contributed by atoms with van der Waals surface area (Å²) in [7, 11) is 6.24. The lowest BCUT2D eigenvalue weighted by molar-refractivity contribution is -0.115. The molecule has 40 heavy (non-hydrogen) atoms. The molecular formula is C31H29N3O5S. The fourth-order valence-corrected chi connectivity index (χ4v) is 5.10. The first-order valence-corrected chi connectivity index (χ1v) is 13.4. The molecule has 9 heteroatoms. The molecule has 3 aromatic carbocycles. The lowest BCUT2D eigenvalue weighted by atomic mass is 9.98. The Morgan fingerprint density at radius 2 is 1.65 bits per heavy atom. The predicted octanol–water partition coefficient (Wildman–Crippen LogP) is 6.44. The Balaban J connectivity index is 1.64. The summed E-state index contributed by atoms with van der Waals surface area (Å²) in [4.78, 5) is 17.6. The van der Waals surface area contributed by atoms with E-state index in [0.717, 1.165) is 5.56 Å². The van der Waals surface area contributed by atoms with Gasteiger partial charge in [0.25, 0.3) is 0 Å². The third-order valence-corrected chi connectivity index (χ3v) is 7.09. The van der Waals surface area contributed by atoms with Gasteiger partial charge in [0.15, 0.2) is 11.5 Å². The van der Waals surface area contributed by atoms with Gasteiger partial charge in [0.05, 0.1) is 45.4 Å². The van der Waals surface area contributed by atoms with E-state index in [1.165, 1.54) is 18.9 Å². The average molecular weight is 556 g/mol. The van der Waals surface area contributed by atoms with Gasteiger partial charge >= 0.3 is 0 Å². The zero-order valence-electron chi connectivity index (χ0n) is 22.7. The van der Waals surface area contributed by atoms with Gasteiger partial charge in [-0.15, -0.1) is 11.8 Å². The largest absolute Gasteiger partial charge is 0.497 e. The number of benzene rings is 3. The van der Waals surface area contributed by atoms with Crippen LogP contribution in [0.2, 0.25) is 0 Å². The molecule has 1 amide bonds. The fraction of sp³-hybridized carbons (Fsp3) is 0.194. The maximum atomic E-state index is 12.8. The second-order valence-corrected chi connectivity index (χ2v) is 9.55. The van der Waals surface area contributed by atoms with Gasteiger partial charge in [0.1, 0.15) is 22.6 Å². The molecule has 4 aromatic rings. The van der Waals surface area contributed by atoms with Crippen LogP contribution in [0.4, 0.5) is 5.69 Å². The van der Waals surface area contributed by atoms with Crippen molar-refractivity contribution in [2.45, 2.75) is 11.4 Å². The summed E-state index contributed by atoms with van der Waals surface area (Å²) < 4.78 is 21.8. The van der Waals surface area contributed by atoms with Gasteiger partial charge in [-0.05, 0) is 24.3 Å². The van der Waals surface area contributed by atoms with Crippen molar-refractivity contribution in [1.29, 1.82) is 5.26 Å². The molecule has 0 saturated heterocycles. The Labute approximate surface area is 237 Å². The number of nitrogens with one attached hydrogen (secondary N) is 1. The molecule has 1 aromatic heterocycles. The van der Waals surface area contributed by atoms with Crippen LogP contribution >= 0.6 is 11.8 Å². The number of para-hydroxylation sites is 1. The first-order valence-electron chi connectivity index (χ1n) is 12.4. The van der Waals surface area contributed by atoms with Crippen molar-refractivity contribution in [2.75, 3.05) is 39.5 Å². The number of carbonyl (C=O) groups excluding carboxylic acids is 1. The van der Waals surface area contributed by atoms with Gasteiger partial charge in [-0.3, -0.25) is 4.79 Å². The molecule has 0 aliphatic heterocycles. The Hall–Kier alpha value is -4.68. The summed E-state index contributed by atoms with van der Waals surface area (Å²) >= 11 is 1.35. The molecule has 0 aliphatic rings. The molecule has 1 N–H and O–H groups in total. The first-order chi connectivity index (χ1) is 19.5. The highest BCUT2D eigenvalue weighted by atomic mass is 32.2. The van der Waals surface area contributed by atoms with E-state index in [1.807, 2.05) is 48.5 Å². The second kappa shape index (κ2) is 13.4. The summed E-state index contributed by atoms with van der Waals surface area (Å²) in [5.74, 6) is 2.42. The summed E-state index contributed by atoms with van der Waals surface area (Å²) in [6, 6.07) is 24.7. The highest BCUT2D eigenvalue weighted by molar-refractivity contribution is 7.99. The number of hydrogen-bond acceptors (Lipinski definition) is 8. The van der Waals surface area contributed by atoms with Gasteiger partial charge in [0, 0.05) is 34.9 Å². The number of thioether (sulfide) groups is 1. The minimum atomic E-state index is -0.191. The van der Waals surface area contributed by atoms with Gasteiger partial charge in [0.2, 0.25) is 5.91 Å². The van der Waals surface area contributed by atoms with Crippen LogP contribution in [-0.2, 0) is 4.79 Å². The third kappa shape index (κ3) is 6.30. The number of amides is 1. The monoisotopic (exact) mass is 555 g/mol. The third-order valence-electron chi connectivity index (χ3n) is 6.11. The number of hydrogen-bond donors (Lipinski definition) is 1. The van der Waals surface area contributed by atoms with Crippen LogP contribution in [0.1, 0.15) is 12.0 Å². The number of nitriles is 1. The highest BCUT2D eigenvalue weighted by Gasteiger charge is 2.21. The van der Waals surface area contributed by atoms with E-state index in [0.29, 0.717) is 61.8 Å². The van der Waals surface area contributed by atoms with Crippen LogP contribution in [-0.4, -0.2) is 45.1 Å². The molecule has 0 spiro atoms. The van der Waals surface area contributed by atoms with Gasteiger partial charge in [-0.1, -0.05) is 42.5 Å². The molecule has 0 saturated carbocycles. The number of ether oxygens (including phenoxy) is 4. The summed E-state index contributed by atoms with van der Waals surface area (Å²) in [5, 5.41) is 13.6. The molecule has 204 valence electrons. The maximum absolute atomic E-state index is 12.8. The molecule has 8 nitrogen and oxygen atoms in total. The molecule has 0 unspecified atom stereocenters. The number of aromatic nitrogens is 1. The van der Waals surface area contributed by atoms with Crippen molar-refractivity contribution >= 4 is 23.4 Å². The van der Waals surface area contributed by atoms with E-state index in [4.69, 9.17) is 23.9 Å². The smallest absolute Gasteiger partial charge is 0.225 e. The molecule has 0 atom stereocenters. The average Bonchev–Trinajstić information content (AvgIpc) is 3.00. The zero-order chi connectivity index (χ0) is 28.5. The molecule has 0 aliphatic carbocycles. The number of nitrogens with zero attached hydrogens (tertiary/aromatic N) is 2. The van der Waals surface area contributed by atoms with E-state index in [2.05, 4.69) is 11.4 Å². The molecule has 0 radical (unpaired) electrons. The molecule has 1 heterocycles. The van der Waals surface area contributed by atoms with E-state index >= 15 is 0 Å². The van der Waals surface area contributed by atoms with E-state index in [9.17, 15) is 10.1 Å². The Morgan fingerprint density at radius 3 is 2.33 bits per heavy atom. The van der Waals surface area contributed by atoms with Crippen molar-refractivity contribution < 1.29 is 23.7 Å². The standard InChI is InChI=1S/C31H29N3O5S/c1-36-21-13-14-25(28(17-21)38-3)33-29(35)15-16-40-31-24(19-32)23(18-26(34-31)20-9-6-5-7-10-20)22-11-8-12-27(37-2)30(22)39-4/h5-14,17-18H,15-16H2,1-4H3,(H,33,35). The van der Waals surface area contributed by atoms with Crippen molar-refractivity contribution in [1.82, 2.24) is 4.98 Å². The van der Waals surface area contributed by atoms with Crippen molar-refractivity contribution in [3.8, 4) is 51.5 Å². The molecule has 4 rings (SSSR count). The summed E-state index contributed by atoms with van der Waals surface area (Å²) in [6.45, 7) is 0. The quantitative estimate of drug-likeness (QED) is 0.211. The number of rotatable bonds is 11. The van der Waals surface area contributed by atoms with Gasteiger partial charge < -0.3 is 24.3 Å². The van der Waals surface area contributed by atoms with Crippen LogP contribution in [0.15, 0.2) is 77.8 Å². The Kier molecular flexibility index (Phi) is 9.49. The van der Waals surface area contributed by atoms with Crippen molar-refractivity contribution in [3.05, 3.63) is 78.4 Å². The lowest BCUT2D eigenvalue weighted by Crippen LogP contribution is -2.13. The van der Waals surface area contributed by atoms with Crippen LogP contribution in [0.3, 0.4) is 0 Å². The molecule has 0 bridgehead atoms. The van der Waals surface area contributed by atoms with Gasteiger partial charge in [-0.2, -0.15) is 5.26 Å². The lowest BCUT2D eigenvalue weighted by Gasteiger charge is -2.16. The number of methoxy groups -OCH3 is 4.